The van der Waals surface area contributed by atoms with Crippen LogP contribution >= 0.6 is 11.8 Å². The van der Waals surface area contributed by atoms with Crippen molar-refractivity contribution in [3.05, 3.63) is 0 Å². The van der Waals surface area contributed by atoms with Gasteiger partial charge >= 0.3 is 0 Å². The Bertz CT molecular complexity index is 255. The van der Waals surface area contributed by atoms with Crippen LogP contribution in [0, 0.1) is 5.92 Å². The van der Waals surface area contributed by atoms with Crippen molar-refractivity contribution in [1.82, 2.24) is 10.6 Å². The number of amides is 1. The van der Waals surface area contributed by atoms with E-state index in [2.05, 4.69) is 16.9 Å². The summed E-state index contributed by atoms with van der Waals surface area (Å²) in [5, 5.41) is 6.46. The van der Waals surface area contributed by atoms with Crippen molar-refractivity contribution in [1.29, 1.82) is 0 Å². The van der Waals surface area contributed by atoms with Gasteiger partial charge in [0, 0.05) is 17.7 Å². The predicted octanol–water partition coefficient (Wildman–Crippen LogP) is 1.78. The monoisotopic (exact) mass is 256 g/mol. The lowest BCUT2D eigenvalue weighted by Gasteiger charge is -2.40. The van der Waals surface area contributed by atoms with Gasteiger partial charge in [-0.2, -0.15) is 11.8 Å². The summed E-state index contributed by atoms with van der Waals surface area (Å²) in [4.78, 5) is 11.8. The van der Waals surface area contributed by atoms with Crippen LogP contribution in [0.25, 0.3) is 0 Å². The molecule has 0 aromatic carbocycles. The molecule has 0 aromatic rings. The Labute approximate surface area is 108 Å². The summed E-state index contributed by atoms with van der Waals surface area (Å²) < 4.78 is 0.366. The molecule has 0 spiro atoms. The van der Waals surface area contributed by atoms with Gasteiger partial charge in [0.1, 0.15) is 0 Å². The molecule has 2 fully saturated rings. The number of carbonyl (C=O) groups is 1. The first-order valence-corrected chi connectivity index (χ1v) is 7.99. The van der Waals surface area contributed by atoms with Crippen LogP contribution in [0.4, 0.5) is 0 Å². The van der Waals surface area contributed by atoms with E-state index < -0.39 is 0 Å². The van der Waals surface area contributed by atoms with E-state index in [1.807, 2.05) is 11.8 Å². The van der Waals surface area contributed by atoms with Crippen molar-refractivity contribution in [2.75, 3.05) is 25.9 Å². The Morgan fingerprint density at radius 2 is 2.35 bits per heavy atom. The van der Waals surface area contributed by atoms with Crippen LogP contribution in [0.1, 0.15) is 38.5 Å². The summed E-state index contributed by atoms with van der Waals surface area (Å²) in [7, 11) is 0. The second kappa shape index (κ2) is 6.10. The molecule has 17 heavy (non-hydrogen) atoms. The van der Waals surface area contributed by atoms with Crippen LogP contribution in [-0.4, -0.2) is 36.5 Å². The van der Waals surface area contributed by atoms with Gasteiger partial charge in [-0.1, -0.05) is 6.42 Å². The standard InChI is InChI=1S/C13H24N2OS/c1-17-13(6-2-7-13)10-15-12(16)4-3-11-5-8-14-9-11/h11,14H,2-10H2,1H3,(H,15,16). The number of carbonyl (C=O) groups excluding carboxylic acids is 1. The number of thioether (sulfide) groups is 1. The Morgan fingerprint density at radius 1 is 1.53 bits per heavy atom. The first kappa shape index (κ1) is 13.2. The molecular formula is C13H24N2OS. The number of rotatable bonds is 6. The van der Waals surface area contributed by atoms with Crippen molar-refractivity contribution in [2.45, 2.75) is 43.3 Å². The smallest absolute Gasteiger partial charge is 0.220 e. The molecule has 1 unspecified atom stereocenters. The predicted molar refractivity (Wildman–Crippen MR) is 73.3 cm³/mol. The minimum Gasteiger partial charge on any atom is -0.355 e. The Balaban J connectivity index is 1.60. The fourth-order valence-electron chi connectivity index (χ4n) is 2.67. The molecule has 2 aliphatic rings. The fraction of sp³-hybridized carbons (Fsp3) is 0.923. The van der Waals surface area contributed by atoms with E-state index >= 15 is 0 Å². The molecule has 1 amide bonds. The molecular weight excluding hydrogens is 232 g/mol. The van der Waals surface area contributed by atoms with Crippen LogP contribution in [0.3, 0.4) is 0 Å². The van der Waals surface area contributed by atoms with Gasteiger partial charge in [0.05, 0.1) is 0 Å². The molecule has 2 N–H and O–H groups in total. The van der Waals surface area contributed by atoms with Gasteiger partial charge in [-0.25, -0.2) is 0 Å². The molecule has 1 saturated carbocycles. The molecule has 0 aromatic heterocycles. The largest absolute Gasteiger partial charge is 0.355 e. The molecule has 0 radical (unpaired) electrons. The van der Waals surface area contributed by atoms with Crippen molar-refractivity contribution < 1.29 is 4.79 Å². The first-order valence-electron chi connectivity index (χ1n) is 6.77. The summed E-state index contributed by atoms with van der Waals surface area (Å²) in [5.74, 6) is 0.969. The molecule has 1 saturated heterocycles. The van der Waals surface area contributed by atoms with Gasteiger partial charge in [-0.15, -0.1) is 0 Å². The van der Waals surface area contributed by atoms with Gasteiger partial charge in [-0.05, 0) is 50.9 Å². The van der Waals surface area contributed by atoms with Gasteiger partial charge in [0.25, 0.3) is 0 Å². The maximum absolute atomic E-state index is 11.8. The van der Waals surface area contributed by atoms with Crippen molar-refractivity contribution in [2.24, 2.45) is 5.92 Å². The zero-order valence-corrected chi connectivity index (χ0v) is 11.6. The second-order valence-electron chi connectivity index (χ2n) is 5.41. The van der Waals surface area contributed by atoms with E-state index in [1.54, 1.807) is 0 Å². The molecule has 98 valence electrons. The molecule has 1 aliphatic carbocycles. The van der Waals surface area contributed by atoms with Crippen molar-refractivity contribution in [3.8, 4) is 0 Å². The van der Waals surface area contributed by atoms with Crippen LogP contribution in [0.15, 0.2) is 0 Å². The fourth-order valence-corrected chi connectivity index (χ4v) is 3.58. The maximum atomic E-state index is 11.8. The molecule has 4 heteroatoms. The highest BCUT2D eigenvalue weighted by Gasteiger charge is 2.36. The number of hydrogen-bond acceptors (Lipinski definition) is 3. The van der Waals surface area contributed by atoms with Crippen molar-refractivity contribution in [3.63, 3.8) is 0 Å². The van der Waals surface area contributed by atoms with Gasteiger partial charge in [0.2, 0.25) is 5.91 Å². The van der Waals surface area contributed by atoms with Crippen LogP contribution in [0.2, 0.25) is 0 Å². The number of hydrogen-bond donors (Lipinski definition) is 2. The van der Waals surface area contributed by atoms with Crippen LogP contribution in [-0.2, 0) is 4.79 Å². The highest BCUT2D eigenvalue weighted by atomic mass is 32.2. The van der Waals surface area contributed by atoms with E-state index in [4.69, 9.17) is 0 Å². The van der Waals surface area contributed by atoms with E-state index in [0.29, 0.717) is 11.2 Å². The summed E-state index contributed by atoms with van der Waals surface area (Å²) in [6, 6.07) is 0. The van der Waals surface area contributed by atoms with Crippen LogP contribution < -0.4 is 10.6 Å². The van der Waals surface area contributed by atoms with Gasteiger partial charge in [-0.3, -0.25) is 4.79 Å². The minimum absolute atomic E-state index is 0.247. The zero-order valence-electron chi connectivity index (χ0n) is 10.8. The molecule has 3 nitrogen and oxygen atoms in total. The third-order valence-corrected chi connectivity index (χ3v) is 5.67. The maximum Gasteiger partial charge on any atom is 0.220 e. The van der Waals surface area contributed by atoms with E-state index in [0.717, 1.165) is 32.0 Å². The SMILES string of the molecule is CSC1(CNC(=O)CCC2CCNC2)CCC1. The number of nitrogens with one attached hydrogen (secondary N) is 2. The zero-order chi connectivity index (χ0) is 12.1. The lowest BCUT2D eigenvalue weighted by atomic mass is 9.84. The van der Waals surface area contributed by atoms with Crippen LogP contribution in [0.5, 0.6) is 0 Å². The summed E-state index contributed by atoms with van der Waals surface area (Å²) in [6.07, 6.45) is 9.01. The lowest BCUT2D eigenvalue weighted by Crippen LogP contribution is -2.45. The normalized spacial score (nSPS) is 26.5. The van der Waals surface area contributed by atoms with E-state index in [1.165, 1.54) is 25.7 Å². The quantitative estimate of drug-likeness (QED) is 0.761. The highest BCUT2D eigenvalue weighted by molar-refractivity contribution is 8.00. The van der Waals surface area contributed by atoms with E-state index in [9.17, 15) is 4.79 Å². The summed E-state index contributed by atoms with van der Waals surface area (Å²) >= 11 is 1.92. The molecule has 2 rings (SSSR count). The highest BCUT2D eigenvalue weighted by Crippen LogP contribution is 2.42. The molecule has 0 bridgehead atoms. The summed E-state index contributed by atoms with van der Waals surface area (Å²) in [5.41, 5.74) is 0. The van der Waals surface area contributed by atoms with E-state index in [-0.39, 0.29) is 5.91 Å². The Hall–Kier alpha value is -0.220. The Kier molecular flexibility index (Phi) is 4.74. The third kappa shape index (κ3) is 3.62. The molecule has 1 atom stereocenters. The Morgan fingerprint density at radius 3 is 2.88 bits per heavy atom. The van der Waals surface area contributed by atoms with Gasteiger partial charge < -0.3 is 10.6 Å². The minimum atomic E-state index is 0.247. The average molecular weight is 256 g/mol. The van der Waals surface area contributed by atoms with Gasteiger partial charge in [0.15, 0.2) is 0 Å². The molecule has 1 aliphatic heterocycles. The summed E-state index contributed by atoms with van der Waals surface area (Å²) in [6.45, 7) is 3.10. The van der Waals surface area contributed by atoms with Crippen molar-refractivity contribution >= 4 is 17.7 Å². The lowest BCUT2D eigenvalue weighted by molar-refractivity contribution is -0.121. The average Bonchev–Trinajstić information content (AvgIpc) is 2.78. The molecule has 1 heterocycles. The second-order valence-corrected chi connectivity index (χ2v) is 6.69. The topological polar surface area (TPSA) is 41.1 Å². The first-order chi connectivity index (χ1) is 8.24. The third-order valence-electron chi connectivity index (χ3n) is 4.25.